The molecule has 0 saturated carbocycles. The SMILES string of the molecule is NC(=O)CC[C@H](NC(=O)[C@@H]1CCCN1C(=O)[C@@H](N)CCCN=C(N)N)C(=O)NCC(=O)N1CCC[C@H]1C(=O)O. The van der Waals surface area contributed by atoms with E-state index in [2.05, 4.69) is 15.6 Å². The number of nitrogens with zero attached hydrogens (tertiary/aromatic N) is 3. The summed E-state index contributed by atoms with van der Waals surface area (Å²) in [6.07, 6.45) is 2.19. The van der Waals surface area contributed by atoms with E-state index in [1.165, 1.54) is 9.80 Å². The largest absolute Gasteiger partial charge is 0.480 e. The van der Waals surface area contributed by atoms with E-state index in [0.717, 1.165) is 0 Å². The fourth-order valence-electron chi connectivity index (χ4n) is 4.69. The number of primary amides is 1. The van der Waals surface area contributed by atoms with Gasteiger partial charge in [-0.15, -0.1) is 0 Å². The van der Waals surface area contributed by atoms with Crippen LogP contribution in [0.15, 0.2) is 4.99 Å². The molecule has 39 heavy (non-hydrogen) atoms. The minimum absolute atomic E-state index is 0.0639. The molecule has 2 aliphatic heterocycles. The molecule has 0 radical (unpaired) electrons. The number of guanidine groups is 1. The van der Waals surface area contributed by atoms with E-state index < -0.39 is 66.2 Å². The number of amides is 5. The van der Waals surface area contributed by atoms with Gasteiger partial charge in [-0.05, 0) is 44.9 Å². The van der Waals surface area contributed by atoms with Crippen LogP contribution < -0.4 is 33.6 Å². The summed E-state index contributed by atoms with van der Waals surface area (Å²) in [5.41, 5.74) is 21.8. The van der Waals surface area contributed by atoms with Gasteiger partial charge in [0.15, 0.2) is 5.96 Å². The number of carbonyl (C=O) groups is 6. The van der Waals surface area contributed by atoms with Gasteiger partial charge in [0, 0.05) is 26.1 Å². The molecule has 0 aromatic heterocycles. The molecule has 2 aliphatic rings. The molecule has 0 aromatic rings. The highest BCUT2D eigenvalue weighted by Crippen LogP contribution is 2.20. The second-order valence-electron chi connectivity index (χ2n) is 9.61. The Labute approximate surface area is 225 Å². The van der Waals surface area contributed by atoms with Crippen molar-refractivity contribution in [2.45, 2.75) is 75.5 Å². The van der Waals surface area contributed by atoms with Crippen molar-refractivity contribution in [3.05, 3.63) is 0 Å². The van der Waals surface area contributed by atoms with Crippen molar-refractivity contribution in [1.82, 2.24) is 20.4 Å². The van der Waals surface area contributed by atoms with Crippen LogP contribution in [0.3, 0.4) is 0 Å². The predicted molar refractivity (Wildman–Crippen MR) is 138 cm³/mol. The van der Waals surface area contributed by atoms with Crippen LogP contribution in [-0.2, 0) is 28.8 Å². The Kier molecular flexibility index (Phi) is 11.9. The van der Waals surface area contributed by atoms with Crippen LogP contribution in [0.1, 0.15) is 51.4 Å². The zero-order chi connectivity index (χ0) is 29.1. The first-order valence-electron chi connectivity index (χ1n) is 12.9. The number of nitrogens with two attached hydrogens (primary N) is 4. The second-order valence-corrected chi connectivity index (χ2v) is 9.61. The van der Waals surface area contributed by atoms with Crippen LogP contribution >= 0.6 is 0 Å². The number of aliphatic carboxylic acids is 1. The van der Waals surface area contributed by atoms with E-state index in [9.17, 15) is 33.9 Å². The molecule has 0 aromatic carbocycles. The molecule has 0 unspecified atom stereocenters. The van der Waals surface area contributed by atoms with Gasteiger partial charge in [0.05, 0.1) is 12.6 Å². The van der Waals surface area contributed by atoms with E-state index in [1.54, 1.807) is 0 Å². The first kappa shape index (κ1) is 31.3. The third-order valence-corrected chi connectivity index (χ3v) is 6.71. The standard InChI is InChI=1S/C23H39N9O7/c24-13(4-1-9-28-23(26)27)21(37)32-11-2-5-15(32)20(36)30-14(7-8-17(25)33)19(35)29-12-18(34)31-10-3-6-16(31)22(38)39/h13-16H,1-12,24H2,(H2,25,33)(H,29,35)(H,30,36)(H,38,39)(H4,26,27,28)/t13-,14-,15-,16-/m0/s1. The summed E-state index contributed by atoms with van der Waals surface area (Å²) in [6.45, 7) is 0.399. The minimum atomic E-state index is -1.21. The van der Waals surface area contributed by atoms with Crippen LogP contribution in [0, 0.1) is 0 Å². The lowest BCUT2D eigenvalue weighted by Gasteiger charge is -2.28. The molecule has 16 heteroatoms. The van der Waals surface area contributed by atoms with E-state index in [0.29, 0.717) is 51.6 Å². The van der Waals surface area contributed by atoms with E-state index >= 15 is 0 Å². The fraction of sp³-hybridized carbons (Fsp3) is 0.696. The Bertz CT molecular complexity index is 970. The van der Waals surface area contributed by atoms with Crippen LogP contribution in [-0.4, -0.2) is 107 Å². The monoisotopic (exact) mass is 553 g/mol. The van der Waals surface area contributed by atoms with E-state index in [-0.39, 0.29) is 25.3 Å². The third-order valence-electron chi connectivity index (χ3n) is 6.71. The Hall–Kier alpha value is -3.95. The summed E-state index contributed by atoms with van der Waals surface area (Å²) in [7, 11) is 0. The molecular formula is C23H39N9O7. The number of carboxylic acid groups (broad SMARTS) is 1. The molecule has 16 nitrogen and oxygen atoms in total. The van der Waals surface area contributed by atoms with E-state index in [1.807, 2.05) is 0 Å². The molecule has 0 aliphatic carbocycles. The number of likely N-dealkylation sites (tertiary alicyclic amines) is 2. The van der Waals surface area contributed by atoms with Crippen LogP contribution in [0.25, 0.3) is 0 Å². The Morgan fingerprint density at radius 1 is 0.949 bits per heavy atom. The third kappa shape index (κ3) is 9.38. The first-order valence-corrected chi connectivity index (χ1v) is 12.9. The lowest BCUT2D eigenvalue weighted by Crippen LogP contribution is -2.56. The average molecular weight is 554 g/mol. The lowest BCUT2D eigenvalue weighted by molar-refractivity contribution is -0.148. The molecule has 218 valence electrons. The van der Waals surface area contributed by atoms with Gasteiger partial charge in [-0.1, -0.05) is 0 Å². The Morgan fingerprint density at radius 2 is 1.59 bits per heavy atom. The normalized spacial score (nSPS) is 20.1. The molecule has 2 heterocycles. The molecule has 0 spiro atoms. The van der Waals surface area contributed by atoms with Gasteiger partial charge < -0.3 is 48.5 Å². The van der Waals surface area contributed by atoms with Gasteiger partial charge in [-0.3, -0.25) is 29.0 Å². The number of hydrogen-bond donors (Lipinski definition) is 7. The van der Waals surface area contributed by atoms with Gasteiger partial charge in [0.25, 0.3) is 0 Å². The fourth-order valence-corrected chi connectivity index (χ4v) is 4.69. The highest BCUT2D eigenvalue weighted by Gasteiger charge is 2.38. The first-order chi connectivity index (χ1) is 18.4. The van der Waals surface area contributed by atoms with Crippen molar-refractivity contribution in [3.63, 3.8) is 0 Å². The maximum absolute atomic E-state index is 13.1. The molecule has 5 amide bonds. The summed E-state index contributed by atoms with van der Waals surface area (Å²) >= 11 is 0. The van der Waals surface area contributed by atoms with Gasteiger partial charge in [-0.2, -0.15) is 0 Å². The van der Waals surface area contributed by atoms with Crippen LogP contribution in [0.2, 0.25) is 0 Å². The Morgan fingerprint density at radius 3 is 2.21 bits per heavy atom. The summed E-state index contributed by atoms with van der Waals surface area (Å²) in [5, 5.41) is 14.2. The molecule has 4 atom stereocenters. The molecular weight excluding hydrogens is 514 g/mol. The molecule has 11 N–H and O–H groups in total. The number of rotatable bonds is 14. The topological polar surface area (TPSA) is 270 Å². The summed E-state index contributed by atoms with van der Waals surface area (Å²) in [6, 6.07) is -3.90. The number of aliphatic imine (C=N–C) groups is 1. The van der Waals surface area contributed by atoms with E-state index in [4.69, 9.17) is 22.9 Å². The maximum atomic E-state index is 13.1. The van der Waals surface area contributed by atoms with Crippen molar-refractivity contribution in [1.29, 1.82) is 0 Å². The molecule has 2 fully saturated rings. The summed E-state index contributed by atoms with van der Waals surface area (Å²) in [5.74, 6) is -4.21. The van der Waals surface area contributed by atoms with Gasteiger partial charge in [0.2, 0.25) is 29.5 Å². The van der Waals surface area contributed by atoms with Gasteiger partial charge >= 0.3 is 5.97 Å². The molecule has 2 rings (SSSR count). The lowest BCUT2D eigenvalue weighted by atomic mass is 10.1. The van der Waals surface area contributed by atoms with Crippen molar-refractivity contribution in [2.24, 2.45) is 27.9 Å². The van der Waals surface area contributed by atoms with Crippen molar-refractivity contribution >= 4 is 41.5 Å². The quantitative estimate of drug-likeness (QED) is 0.0628. The molecule has 2 saturated heterocycles. The highest BCUT2D eigenvalue weighted by molar-refractivity contribution is 5.95. The minimum Gasteiger partial charge on any atom is -0.480 e. The zero-order valence-electron chi connectivity index (χ0n) is 21.8. The van der Waals surface area contributed by atoms with Crippen LogP contribution in [0.5, 0.6) is 0 Å². The van der Waals surface area contributed by atoms with Crippen LogP contribution in [0.4, 0.5) is 0 Å². The zero-order valence-corrected chi connectivity index (χ0v) is 21.8. The predicted octanol–water partition coefficient (Wildman–Crippen LogP) is -3.70. The van der Waals surface area contributed by atoms with Crippen molar-refractivity contribution < 1.29 is 33.9 Å². The van der Waals surface area contributed by atoms with Gasteiger partial charge in [-0.25, -0.2) is 4.79 Å². The van der Waals surface area contributed by atoms with Crippen molar-refractivity contribution in [2.75, 3.05) is 26.2 Å². The smallest absolute Gasteiger partial charge is 0.326 e. The van der Waals surface area contributed by atoms with Gasteiger partial charge in [0.1, 0.15) is 18.1 Å². The molecule has 0 bridgehead atoms. The number of nitrogens with one attached hydrogen (secondary N) is 2. The van der Waals surface area contributed by atoms with Crippen molar-refractivity contribution in [3.8, 4) is 0 Å². The number of carboxylic acids is 1. The highest BCUT2D eigenvalue weighted by atomic mass is 16.4. The summed E-state index contributed by atoms with van der Waals surface area (Å²) in [4.78, 5) is 80.5. The average Bonchev–Trinajstić information content (AvgIpc) is 3.57. The maximum Gasteiger partial charge on any atom is 0.326 e. The summed E-state index contributed by atoms with van der Waals surface area (Å²) < 4.78 is 0. The second kappa shape index (κ2) is 14.8. The Balaban J connectivity index is 1.99. The number of hydrogen-bond acceptors (Lipinski definition) is 8. The number of carbonyl (C=O) groups excluding carboxylic acids is 5.